The molecular formula is C18H22N2O4. The van der Waals surface area contributed by atoms with Gasteiger partial charge in [0, 0.05) is 18.7 Å². The van der Waals surface area contributed by atoms with E-state index in [2.05, 4.69) is 4.99 Å². The fraction of sp³-hybridized carbons (Fsp3) is 0.389. The van der Waals surface area contributed by atoms with E-state index in [0.29, 0.717) is 18.7 Å². The van der Waals surface area contributed by atoms with Gasteiger partial charge in [0.05, 0.1) is 6.61 Å². The number of aliphatic hydroxyl groups excluding tert-OH is 1. The van der Waals surface area contributed by atoms with E-state index >= 15 is 0 Å². The van der Waals surface area contributed by atoms with Gasteiger partial charge < -0.3 is 9.84 Å². The maximum atomic E-state index is 12.7. The molecule has 1 aliphatic heterocycles. The molecule has 0 spiro atoms. The highest BCUT2D eigenvalue weighted by atomic mass is 16.6. The van der Waals surface area contributed by atoms with Crippen LogP contribution in [0.2, 0.25) is 0 Å². The molecule has 1 aromatic carbocycles. The van der Waals surface area contributed by atoms with Gasteiger partial charge in [0.1, 0.15) is 17.4 Å². The van der Waals surface area contributed by atoms with Gasteiger partial charge >= 0.3 is 6.09 Å². The van der Waals surface area contributed by atoms with Crippen molar-refractivity contribution >= 4 is 17.7 Å². The second-order valence-corrected chi connectivity index (χ2v) is 5.40. The average molecular weight is 330 g/mol. The van der Waals surface area contributed by atoms with E-state index in [1.165, 1.54) is 0 Å². The van der Waals surface area contributed by atoms with Crippen LogP contribution < -0.4 is 0 Å². The maximum Gasteiger partial charge on any atom is 0.417 e. The summed E-state index contributed by atoms with van der Waals surface area (Å²) in [6, 6.07) is 8.60. The Kier molecular flexibility index (Phi) is 5.73. The van der Waals surface area contributed by atoms with Crippen molar-refractivity contribution in [2.24, 2.45) is 4.99 Å². The number of carbonyl (C=O) groups is 2. The van der Waals surface area contributed by atoms with Crippen LogP contribution in [-0.2, 0) is 16.0 Å². The van der Waals surface area contributed by atoms with Crippen LogP contribution in [0, 0.1) is 0 Å². The topological polar surface area (TPSA) is 79.2 Å². The lowest BCUT2D eigenvalue weighted by Crippen LogP contribution is -2.42. The van der Waals surface area contributed by atoms with Crippen LogP contribution in [0.3, 0.4) is 0 Å². The Labute approximate surface area is 141 Å². The molecule has 2 amide bonds. The standard InChI is InChI=1S/C18H22N2O4/c1-4-19-12(3)15-16(21)14(11-13-9-7-6-8-10-13)20(17(15)22)18(23)24-5-2/h6-10,14,21H,4-5,11H2,1-3H3/t14-/m0/s1. The Hall–Kier alpha value is -2.63. The van der Waals surface area contributed by atoms with Crippen molar-refractivity contribution in [3.63, 3.8) is 0 Å². The van der Waals surface area contributed by atoms with E-state index < -0.39 is 18.0 Å². The highest BCUT2D eigenvalue weighted by Crippen LogP contribution is 2.29. The number of ether oxygens (including phenoxy) is 1. The number of aliphatic imine (C=N–C) groups is 1. The molecule has 0 radical (unpaired) electrons. The zero-order valence-corrected chi connectivity index (χ0v) is 14.2. The third-order valence-corrected chi connectivity index (χ3v) is 3.81. The van der Waals surface area contributed by atoms with Crippen molar-refractivity contribution in [2.45, 2.75) is 33.2 Å². The van der Waals surface area contributed by atoms with Crippen LogP contribution in [-0.4, -0.2) is 46.9 Å². The van der Waals surface area contributed by atoms with Crippen LogP contribution in [0.5, 0.6) is 0 Å². The number of aliphatic hydroxyl groups is 1. The van der Waals surface area contributed by atoms with Crippen molar-refractivity contribution in [3.8, 4) is 0 Å². The predicted octanol–water partition coefficient (Wildman–Crippen LogP) is 2.89. The smallest absolute Gasteiger partial charge is 0.417 e. The summed E-state index contributed by atoms with van der Waals surface area (Å²) in [4.78, 5) is 30.1. The van der Waals surface area contributed by atoms with Gasteiger partial charge in [0.25, 0.3) is 5.91 Å². The number of hydrogen-bond donors (Lipinski definition) is 1. The minimum absolute atomic E-state index is 0.0887. The van der Waals surface area contributed by atoms with Gasteiger partial charge in [-0.05, 0) is 26.3 Å². The van der Waals surface area contributed by atoms with Crippen LogP contribution in [0.25, 0.3) is 0 Å². The molecule has 0 saturated carbocycles. The molecule has 24 heavy (non-hydrogen) atoms. The molecule has 0 bridgehead atoms. The van der Waals surface area contributed by atoms with Gasteiger partial charge in [-0.15, -0.1) is 0 Å². The summed E-state index contributed by atoms with van der Waals surface area (Å²) in [5.41, 5.74) is 1.41. The molecular weight excluding hydrogens is 308 g/mol. The molecule has 0 saturated heterocycles. The highest BCUT2D eigenvalue weighted by molar-refractivity contribution is 6.25. The first-order chi connectivity index (χ1) is 11.5. The van der Waals surface area contributed by atoms with Crippen molar-refractivity contribution in [1.29, 1.82) is 0 Å². The zero-order valence-electron chi connectivity index (χ0n) is 14.2. The predicted molar refractivity (Wildman–Crippen MR) is 91.1 cm³/mol. The summed E-state index contributed by atoms with van der Waals surface area (Å²) in [5, 5.41) is 10.6. The van der Waals surface area contributed by atoms with Crippen LogP contribution >= 0.6 is 0 Å². The molecule has 128 valence electrons. The van der Waals surface area contributed by atoms with E-state index in [-0.39, 0.29) is 17.9 Å². The summed E-state index contributed by atoms with van der Waals surface area (Å²) in [7, 11) is 0. The lowest BCUT2D eigenvalue weighted by atomic mass is 10.0. The van der Waals surface area contributed by atoms with E-state index in [1.54, 1.807) is 13.8 Å². The minimum Gasteiger partial charge on any atom is -0.509 e. The fourth-order valence-corrected chi connectivity index (χ4v) is 2.75. The van der Waals surface area contributed by atoms with E-state index in [9.17, 15) is 14.7 Å². The second-order valence-electron chi connectivity index (χ2n) is 5.40. The third kappa shape index (κ3) is 3.48. The zero-order chi connectivity index (χ0) is 17.7. The number of nitrogens with zero attached hydrogens (tertiary/aromatic N) is 2. The van der Waals surface area contributed by atoms with Crippen molar-refractivity contribution < 1.29 is 19.4 Å². The largest absolute Gasteiger partial charge is 0.509 e. The summed E-state index contributed by atoms with van der Waals surface area (Å²) >= 11 is 0. The molecule has 0 aliphatic carbocycles. The van der Waals surface area contributed by atoms with Crippen molar-refractivity contribution in [3.05, 3.63) is 47.2 Å². The molecule has 1 N–H and O–H groups in total. The van der Waals surface area contributed by atoms with Crippen LogP contribution in [0.4, 0.5) is 4.79 Å². The molecule has 0 aromatic heterocycles. The molecule has 6 nitrogen and oxygen atoms in total. The van der Waals surface area contributed by atoms with Crippen molar-refractivity contribution in [2.75, 3.05) is 13.2 Å². The normalized spacial score (nSPS) is 18.3. The Bertz CT molecular complexity index is 680. The molecule has 1 heterocycles. The molecule has 0 unspecified atom stereocenters. The molecule has 1 atom stereocenters. The van der Waals surface area contributed by atoms with E-state index in [4.69, 9.17) is 4.74 Å². The third-order valence-electron chi connectivity index (χ3n) is 3.81. The number of amides is 2. The summed E-state index contributed by atoms with van der Waals surface area (Å²) < 4.78 is 4.99. The van der Waals surface area contributed by atoms with Crippen molar-refractivity contribution in [1.82, 2.24) is 4.90 Å². The quantitative estimate of drug-likeness (QED) is 0.842. The molecule has 1 aliphatic rings. The lowest BCUT2D eigenvalue weighted by molar-refractivity contribution is -0.124. The van der Waals surface area contributed by atoms with Gasteiger partial charge in [0.15, 0.2) is 0 Å². The van der Waals surface area contributed by atoms with Gasteiger partial charge in [-0.2, -0.15) is 0 Å². The van der Waals surface area contributed by atoms with Crippen LogP contribution in [0.15, 0.2) is 46.7 Å². The number of rotatable bonds is 5. The van der Waals surface area contributed by atoms with Gasteiger partial charge in [0.2, 0.25) is 0 Å². The van der Waals surface area contributed by atoms with E-state index in [1.807, 2.05) is 37.3 Å². The molecule has 6 heteroatoms. The number of hydrogen-bond acceptors (Lipinski definition) is 5. The summed E-state index contributed by atoms with van der Waals surface area (Å²) in [5.74, 6) is -0.701. The second kappa shape index (κ2) is 7.77. The Morgan fingerprint density at radius 3 is 2.54 bits per heavy atom. The van der Waals surface area contributed by atoms with Gasteiger partial charge in [-0.1, -0.05) is 30.3 Å². The number of carbonyl (C=O) groups excluding carboxylic acids is 2. The molecule has 0 fully saturated rings. The lowest BCUT2D eigenvalue weighted by Gasteiger charge is -2.22. The Morgan fingerprint density at radius 1 is 1.29 bits per heavy atom. The fourth-order valence-electron chi connectivity index (χ4n) is 2.75. The van der Waals surface area contributed by atoms with Gasteiger partial charge in [-0.25, -0.2) is 9.69 Å². The first-order valence-corrected chi connectivity index (χ1v) is 8.00. The molecule has 2 rings (SSSR count). The monoisotopic (exact) mass is 330 g/mol. The Morgan fingerprint density at radius 2 is 1.96 bits per heavy atom. The summed E-state index contributed by atoms with van der Waals surface area (Å²) in [6.45, 7) is 5.80. The minimum atomic E-state index is -0.782. The molecule has 1 aromatic rings. The highest BCUT2D eigenvalue weighted by Gasteiger charge is 2.44. The summed E-state index contributed by atoms with van der Waals surface area (Å²) in [6.07, 6.45) is -0.436. The van der Waals surface area contributed by atoms with E-state index in [0.717, 1.165) is 10.5 Å². The number of benzene rings is 1. The Balaban J connectivity index is 2.41. The van der Waals surface area contributed by atoms with Crippen LogP contribution in [0.1, 0.15) is 26.3 Å². The first kappa shape index (κ1) is 17.7. The number of imide groups is 1. The van der Waals surface area contributed by atoms with Gasteiger partial charge in [-0.3, -0.25) is 9.79 Å². The average Bonchev–Trinajstić information content (AvgIpc) is 2.79. The maximum absolute atomic E-state index is 12.7. The first-order valence-electron chi connectivity index (χ1n) is 8.00. The SMILES string of the molecule is CCN=C(C)C1=C(O)[C@H](Cc2ccccc2)N(C(=O)OCC)C1=O.